The Labute approximate surface area is 140 Å². The molecule has 1 atom stereocenters. The summed E-state index contributed by atoms with van der Waals surface area (Å²) in [6.07, 6.45) is 1.70. The Bertz CT molecular complexity index is 775. The summed E-state index contributed by atoms with van der Waals surface area (Å²) >= 11 is 0. The van der Waals surface area contributed by atoms with Gasteiger partial charge in [-0.1, -0.05) is 17.7 Å². The van der Waals surface area contributed by atoms with Gasteiger partial charge in [-0.25, -0.2) is 9.48 Å². The van der Waals surface area contributed by atoms with E-state index in [0.29, 0.717) is 0 Å². The molecule has 1 amide bonds. The molecule has 0 saturated heterocycles. The molecule has 24 heavy (non-hydrogen) atoms. The van der Waals surface area contributed by atoms with E-state index < -0.39 is 12.0 Å². The third kappa shape index (κ3) is 3.04. The molecule has 126 valence electrons. The predicted molar refractivity (Wildman–Crippen MR) is 89.3 cm³/mol. The highest BCUT2D eigenvalue weighted by Gasteiger charge is 2.39. The number of hydrogen-bond acceptors (Lipinski definition) is 3. The molecule has 3 rings (SSSR count). The zero-order valence-electron chi connectivity index (χ0n) is 14.1. The van der Waals surface area contributed by atoms with E-state index in [1.165, 1.54) is 4.90 Å². The summed E-state index contributed by atoms with van der Waals surface area (Å²) < 4.78 is 1.71. The lowest BCUT2D eigenvalue weighted by atomic mass is 10.2. The zero-order valence-corrected chi connectivity index (χ0v) is 14.1. The lowest BCUT2D eigenvalue weighted by molar-refractivity contribution is -0.141. The van der Waals surface area contributed by atoms with E-state index in [4.69, 9.17) is 0 Å². The summed E-state index contributed by atoms with van der Waals surface area (Å²) in [6.45, 7) is 5.43. The van der Waals surface area contributed by atoms with Crippen LogP contribution >= 0.6 is 0 Å². The topological polar surface area (TPSA) is 75.4 Å². The van der Waals surface area contributed by atoms with Crippen molar-refractivity contribution in [3.05, 3.63) is 47.3 Å². The van der Waals surface area contributed by atoms with Gasteiger partial charge in [-0.2, -0.15) is 5.10 Å². The number of nitrogens with zero attached hydrogens (tertiary/aromatic N) is 3. The van der Waals surface area contributed by atoms with E-state index in [1.807, 2.05) is 38.1 Å². The van der Waals surface area contributed by atoms with Gasteiger partial charge >= 0.3 is 5.97 Å². The third-order valence-corrected chi connectivity index (χ3v) is 4.33. The van der Waals surface area contributed by atoms with E-state index >= 15 is 0 Å². The molecule has 1 aliphatic rings. The van der Waals surface area contributed by atoms with Crippen LogP contribution in [-0.4, -0.2) is 43.7 Å². The summed E-state index contributed by atoms with van der Waals surface area (Å²) in [5, 5.41) is 13.7. The summed E-state index contributed by atoms with van der Waals surface area (Å²) in [5.74, 6) is -1.31. The summed E-state index contributed by atoms with van der Waals surface area (Å²) in [6, 6.07) is 8.74. The van der Waals surface area contributed by atoms with E-state index in [9.17, 15) is 14.7 Å². The molecule has 2 aromatic rings. The minimum absolute atomic E-state index is 0.00781. The Morgan fingerprint density at radius 2 is 1.88 bits per heavy atom. The molecule has 1 fully saturated rings. The fourth-order valence-electron chi connectivity index (χ4n) is 2.79. The molecule has 6 nitrogen and oxygen atoms in total. The van der Waals surface area contributed by atoms with Gasteiger partial charge in [0.1, 0.15) is 6.04 Å². The minimum atomic E-state index is -0.995. The molecule has 1 unspecified atom stereocenters. The molecule has 1 saturated carbocycles. The van der Waals surface area contributed by atoms with E-state index in [-0.39, 0.29) is 17.6 Å². The van der Waals surface area contributed by atoms with Crippen LogP contribution in [0.15, 0.2) is 30.3 Å². The standard InChI is InChI=1S/C18H21N3O3/c1-11-4-6-15(7-5-11)21-12(2)10-16(19-21)17(22)20(14-8-9-14)13(3)18(23)24/h4-7,10,13-14H,8-9H2,1-3H3,(H,23,24). The van der Waals surface area contributed by atoms with E-state index in [0.717, 1.165) is 29.8 Å². The van der Waals surface area contributed by atoms with Crippen molar-refractivity contribution in [3.63, 3.8) is 0 Å². The minimum Gasteiger partial charge on any atom is -0.480 e. The molecule has 1 N–H and O–H groups in total. The highest BCUT2D eigenvalue weighted by atomic mass is 16.4. The molecule has 1 aromatic heterocycles. The second-order valence-corrected chi connectivity index (χ2v) is 6.38. The molecular formula is C18H21N3O3. The van der Waals surface area contributed by atoms with Crippen LogP contribution in [0.1, 0.15) is 41.5 Å². The van der Waals surface area contributed by atoms with Crippen molar-refractivity contribution < 1.29 is 14.7 Å². The van der Waals surface area contributed by atoms with Crippen LogP contribution < -0.4 is 0 Å². The molecule has 0 bridgehead atoms. The maximum Gasteiger partial charge on any atom is 0.326 e. The predicted octanol–water partition coefficient (Wildman–Crippen LogP) is 2.57. The molecule has 0 aliphatic heterocycles. The van der Waals surface area contributed by atoms with Crippen LogP contribution in [0, 0.1) is 13.8 Å². The first-order valence-corrected chi connectivity index (χ1v) is 8.07. The molecule has 1 heterocycles. The normalized spacial score (nSPS) is 15.1. The van der Waals surface area contributed by atoms with E-state index in [2.05, 4.69) is 5.10 Å². The lowest BCUT2D eigenvalue weighted by Crippen LogP contribution is -2.44. The number of carboxylic acids is 1. The van der Waals surface area contributed by atoms with Crippen LogP contribution in [0.5, 0.6) is 0 Å². The number of aryl methyl sites for hydroxylation is 2. The van der Waals surface area contributed by atoms with Gasteiger partial charge in [0.05, 0.1) is 5.69 Å². The molecule has 6 heteroatoms. The average molecular weight is 327 g/mol. The Morgan fingerprint density at radius 3 is 2.42 bits per heavy atom. The maximum absolute atomic E-state index is 12.8. The summed E-state index contributed by atoms with van der Waals surface area (Å²) in [5.41, 5.74) is 3.14. The van der Waals surface area contributed by atoms with E-state index in [1.54, 1.807) is 17.7 Å². The van der Waals surface area contributed by atoms with Gasteiger partial charge in [-0.05, 0) is 51.8 Å². The van der Waals surface area contributed by atoms with Gasteiger partial charge in [0, 0.05) is 11.7 Å². The summed E-state index contributed by atoms with van der Waals surface area (Å²) in [4.78, 5) is 25.6. The van der Waals surface area contributed by atoms with Crippen molar-refractivity contribution in [3.8, 4) is 5.69 Å². The molecule has 0 spiro atoms. The van der Waals surface area contributed by atoms with Crippen molar-refractivity contribution in [2.75, 3.05) is 0 Å². The fourth-order valence-corrected chi connectivity index (χ4v) is 2.79. The van der Waals surface area contributed by atoms with Gasteiger partial charge < -0.3 is 10.0 Å². The number of benzene rings is 1. The van der Waals surface area contributed by atoms with Gasteiger partial charge in [0.25, 0.3) is 5.91 Å². The first kappa shape index (κ1) is 16.2. The largest absolute Gasteiger partial charge is 0.480 e. The third-order valence-electron chi connectivity index (χ3n) is 4.33. The fraction of sp³-hybridized carbons (Fsp3) is 0.389. The number of carbonyl (C=O) groups excluding carboxylic acids is 1. The van der Waals surface area contributed by atoms with Crippen molar-refractivity contribution >= 4 is 11.9 Å². The Kier molecular flexibility index (Phi) is 4.13. The van der Waals surface area contributed by atoms with Crippen molar-refractivity contribution in [2.24, 2.45) is 0 Å². The van der Waals surface area contributed by atoms with Crippen molar-refractivity contribution in [1.29, 1.82) is 0 Å². The van der Waals surface area contributed by atoms with Crippen LogP contribution in [0.3, 0.4) is 0 Å². The quantitative estimate of drug-likeness (QED) is 0.916. The zero-order chi connectivity index (χ0) is 17.4. The molecule has 1 aromatic carbocycles. The highest BCUT2D eigenvalue weighted by Crippen LogP contribution is 2.30. The van der Waals surface area contributed by atoms with Crippen molar-refractivity contribution in [1.82, 2.24) is 14.7 Å². The monoisotopic (exact) mass is 327 g/mol. The van der Waals surface area contributed by atoms with Crippen LogP contribution in [0.25, 0.3) is 5.69 Å². The van der Waals surface area contributed by atoms with Gasteiger partial charge in [0.2, 0.25) is 0 Å². The van der Waals surface area contributed by atoms with Crippen LogP contribution in [-0.2, 0) is 4.79 Å². The molecule has 0 radical (unpaired) electrons. The number of amides is 1. The second-order valence-electron chi connectivity index (χ2n) is 6.38. The van der Waals surface area contributed by atoms with Gasteiger partial charge in [-0.3, -0.25) is 4.79 Å². The Morgan fingerprint density at radius 1 is 1.25 bits per heavy atom. The van der Waals surface area contributed by atoms with Crippen LogP contribution in [0.2, 0.25) is 0 Å². The number of carbonyl (C=O) groups is 2. The van der Waals surface area contributed by atoms with Crippen molar-refractivity contribution in [2.45, 2.75) is 45.7 Å². The number of rotatable bonds is 5. The van der Waals surface area contributed by atoms with Crippen LogP contribution in [0.4, 0.5) is 0 Å². The highest BCUT2D eigenvalue weighted by molar-refractivity contribution is 5.95. The Hall–Kier alpha value is -2.63. The molecule has 1 aliphatic carbocycles. The van der Waals surface area contributed by atoms with Gasteiger partial charge in [-0.15, -0.1) is 0 Å². The Balaban J connectivity index is 1.92. The smallest absolute Gasteiger partial charge is 0.326 e. The second kappa shape index (κ2) is 6.11. The molecular weight excluding hydrogens is 306 g/mol. The first-order chi connectivity index (χ1) is 11.4. The number of carboxylic acid groups (broad SMARTS) is 1. The number of hydrogen-bond donors (Lipinski definition) is 1. The maximum atomic E-state index is 12.8. The number of aliphatic carboxylic acids is 1. The lowest BCUT2D eigenvalue weighted by Gasteiger charge is -2.25. The first-order valence-electron chi connectivity index (χ1n) is 8.07. The average Bonchev–Trinajstić information content (AvgIpc) is 3.29. The number of aromatic nitrogens is 2. The SMILES string of the molecule is Cc1ccc(-n2nc(C(=O)N(C3CC3)C(C)C(=O)O)cc2C)cc1. The van der Waals surface area contributed by atoms with Gasteiger partial charge in [0.15, 0.2) is 5.69 Å². The summed E-state index contributed by atoms with van der Waals surface area (Å²) in [7, 11) is 0.